The maximum Gasteiger partial charge on any atom is 0.119 e. The molecule has 0 heterocycles. The highest BCUT2D eigenvalue weighted by molar-refractivity contribution is 5.57. The van der Waals surface area contributed by atoms with Gasteiger partial charge in [-0.1, -0.05) is 99.6 Å². The SMILES string of the molecule is Cc1ccccc1[C@@H](C)c1ccc(O)c([C@H](C)c2ccccc2C)c1[C@@H](C)c1ccccc1C. The van der Waals surface area contributed by atoms with Crippen molar-refractivity contribution in [2.75, 3.05) is 0 Å². The van der Waals surface area contributed by atoms with Crippen LogP contribution >= 0.6 is 0 Å². The Labute approximate surface area is 205 Å². The Hall–Kier alpha value is -3.32. The van der Waals surface area contributed by atoms with E-state index >= 15 is 0 Å². The van der Waals surface area contributed by atoms with Crippen LogP contribution in [0, 0.1) is 20.8 Å². The highest BCUT2D eigenvalue weighted by Gasteiger charge is 2.28. The summed E-state index contributed by atoms with van der Waals surface area (Å²) in [5.41, 5.74) is 11.3. The van der Waals surface area contributed by atoms with Crippen molar-refractivity contribution in [1.29, 1.82) is 0 Å². The van der Waals surface area contributed by atoms with Crippen LogP contribution in [0.2, 0.25) is 0 Å². The van der Waals surface area contributed by atoms with Crippen LogP contribution in [0.3, 0.4) is 0 Å². The summed E-state index contributed by atoms with van der Waals surface area (Å²) in [6.07, 6.45) is 0. The fourth-order valence-electron chi connectivity index (χ4n) is 5.65. The van der Waals surface area contributed by atoms with E-state index in [0.717, 1.165) is 5.56 Å². The summed E-state index contributed by atoms with van der Waals surface area (Å²) in [4.78, 5) is 0. The molecule has 1 N–H and O–H groups in total. The minimum atomic E-state index is 0.0756. The monoisotopic (exact) mass is 448 g/mol. The quantitative estimate of drug-likeness (QED) is 0.312. The van der Waals surface area contributed by atoms with E-state index in [1.165, 1.54) is 44.5 Å². The highest BCUT2D eigenvalue weighted by atomic mass is 16.3. The molecule has 4 rings (SSSR count). The normalized spacial score (nSPS) is 13.9. The molecular weight excluding hydrogens is 412 g/mol. The summed E-state index contributed by atoms with van der Waals surface area (Å²) in [6, 6.07) is 29.9. The zero-order valence-corrected chi connectivity index (χ0v) is 21.3. The van der Waals surface area contributed by atoms with Crippen molar-refractivity contribution in [2.45, 2.75) is 59.3 Å². The lowest BCUT2D eigenvalue weighted by Gasteiger charge is -2.29. The molecule has 0 radical (unpaired) electrons. The number of aromatic hydroxyl groups is 1. The number of hydrogen-bond donors (Lipinski definition) is 1. The van der Waals surface area contributed by atoms with Gasteiger partial charge in [0, 0.05) is 23.3 Å². The summed E-state index contributed by atoms with van der Waals surface area (Å²) in [5, 5.41) is 11.3. The molecule has 1 nitrogen and oxygen atoms in total. The third kappa shape index (κ3) is 4.40. The minimum absolute atomic E-state index is 0.0756. The van der Waals surface area contributed by atoms with Crippen molar-refractivity contribution in [3.05, 3.63) is 135 Å². The van der Waals surface area contributed by atoms with E-state index in [2.05, 4.69) is 120 Å². The first kappa shape index (κ1) is 23.8. The molecule has 0 fully saturated rings. The van der Waals surface area contributed by atoms with E-state index < -0.39 is 0 Å². The first-order valence-corrected chi connectivity index (χ1v) is 12.3. The molecule has 1 heteroatoms. The first-order chi connectivity index (χ1) is 16.3. The first-order valence-electron chi connectivity index (χ1n) is 12.3. The molecule has 0 saturated heterocycles. The number of phenolic OH excluding ortho intramolecular Hbond substituents is 1. The number of aryl methyl sites for hydroxylation is 3. The number of rotatable bonds is 6. The average Bonchev–Trinajstić information content (AvgIpc) is 2.83. The fraction of sp³-hybridized carbons (Fsp3) is 0.273. The molecule has 3 atom stereocenters. The van der Waals surface area contributed by atoms with Gasteiger partial charge in [-0.25, -0.2) is 0 Å². The molecule has 0 saturated carbocycles. The maximum absolute atomic E-state index is 11.3. The Balaban J connectivity index is 1.99. The van der Waals surface area contributed by atoms with Gasteiger partial charge in [0.15, 0.2) is 0 Å². The summed E-state index contributed by atoms with van der Waals surface area (Å²) in [5.74, 6) is 0.820. The van der Waals surface area contributed by atoms with E-state index in [1.807, 2.05) is 6.07 Å². The third-order valence-electron chi connectivity index (χ3n) is 7.60. The van der Waals surface area contributed by atoms with Gasteiger partial charge in [-0.05, 0) is 71.3 Å². The van der Waals surface area contributed by atoms with E-state index in [4.69, 9.17) is 0 Å². The largest absolute Gasteiger partial charge is 0.508 e. The van der Waals surface area contributed by atoms with Gasteiger partial charge in [-0.3, -0.25) is 0 Å². The second kappa shape index (κ2) is 9.89. The Kier molecular flexibility index (Phi) is 6.93. The molecule has 0 aliphatic heterocycles. The fourth-order valence-corrected chi connectivity index (χ4v) is 5.65. The molecule has 174 valence electrons. The predicted molar refractivity (Wildman–Crippen MR) is 144 cm³/mol. The third-order valence-corrected chi connectivity index (χ3v) is 7.60. The average molecular weight is 449 g/mol. The van der Waals surface area contributed by atoms with Crippen LogP contribution in [0.15, 0.2) is 84.9 Å². The molecular formula is C33H36O. The lowest BCUT2D eigenvalue weighted by molar-refractivity contribution is 0.463. The van der Waals surface area contributed by atoms with Crippen LogP contribution < -0.4 is 0 Å². The highest BCUT2D eigenvalue weighted by Crippen LogP contribution is 2.45. The molecule has 4 aromatic rings. The Morgan fingerprint density at radius 1 is 0.441 bits per heavy atom. The summed E-state index contributed by atoms with van der Waals surface area (Å²) in [6.45, 7) is 13.3. The van der Waals surface area contributed by atoms with Gasteiger partial charge < -0.3 is 5.11 Å². The van der Waals surface area contributed by atoms with E-state index in [9.17, 15) is 5.11 Å². The molecule has 0 aromatic heterocycles. The zero-order valence-electron chi connectivity index (χ0n) is 21.3. The van der Waals surface area contributed by atoms with Gasteiger partial charge in [-0.2, -0.15) is 0 Å². The van der Waals surface area contributed by atoms with Crippen molar-refractivity contribution < 1.29 is 5.11 Å². The topological polar surface area (TPSA) is 20.2 Å². The molecule has 0 amide bonds. The van der Waals surface area contributed by atoms with Crippen LogP contribution in [-0.4, -0.2) is 5.11 Å². The van der Waals surface area contributed by atoms with Gasteiger partial charge in [0.2, 0.25) is 0 Å². The predicted octanol–water partition coefficient (Wildman–Crippen LogP) is 8.77. The molecule has 4 aromatic carbocycles. The van der Waals surface area contributed by atoms with Gasteiger partial charge in [-0.15, -0.1) is 0 Å². The van der Waals surface area contributed by atoms with Gasteiger partial charge >= 0.3 is 0 Å². The summed E-state index contributed by atoms with van der Waals surface area (Å²) >= 11 is 0. The Morgan fingerprint density at radius 3 is 1.26 bits per heavy atom. The van der Waals surface area contributed by atoms with Crippen LogP contribution in [-0.2, 0) is 0 Å². The van der Waals surface area contributed by atoms with Gasteiger partial charge in [0.1, 0.15) is 5.75 Å². The molecule has 0 spiro atoms. The van der Waals surface area contributed by atoms with E-state index in [0.29, 0.717) is 5.75 Å². The molecule has 0 aliphatic carbocycles. The minimum Gasteiger partial charge on any atom is -0.508 e. The van der Waals surface area contributed by atoms with E-state index in [-0.39, 0.29) is 17.8 Å². The second-order valence-corrected chi connectivity index (χ2v) is 9.74. The molecule has 34 heavy (non-hydrogen) atoms. The van der Waals surface area contributed by atoms with Crippen molar-refractivity contribution in [2.24, 2.45) is 0 Å². The van der Waals surface area contributed by atoms with Crippen molar-refractivity contribution >= 4 is 0 Å². The van der Waals surface area contributed by atoms with Crippen LogP contribution in [0.25, 0.3) is 0 Å². The standard InChI is InChI=1S/C33H36O/c1-21-13-7-10-16-27(21)24(4)30-19-20-31(34)33(26(6)29-18-12-9-15-23(29)3)32(30)25(5)28-17-11-8-14-22(28)2/h7-20,24-26,34H,1-6H3/t24-,25+,26-/m1/s1. The van der Waals surface area contributed by atoms with Crippen LogP contribution in [0.1, 0.15) is 88.6 Å². The van der Waals surface area contributed by atoms with Gasteiger partial charge in [0.25, 0.3) is 0 Å². The van der Waals surface area contributed by atoms with Crippen molar-refractivity contribution in [1.82, 2.24) is 0 Å². The van der Waals surface area contributed by atoms with Crippen LogP contribution in [0.4, 0.5) is 0 Å². The lowest BCUT2D eigenvalue weighted by Crippen LogP contribution is -2.13. The van der Waals surface area contributed by atoms with Crippen LogP contribution in [0.5, 0.6) is 5.75 Å². The Morgan fingerprint density at radius 2 is 0.824 bits per heavy atom. The smallest absolute Gasteiger partial charge is 0.119 e. The Bertz CT molecular complexity index is 1300. The summed E-state index contributed by atoms with van der Waals surface area (Å²) < 4.78 is 0. The summed E-state index contributed by atoms with van der Waals surface area (Å²) in [7, 11) is 0. The second-order valence-electron chi connectivity index (χ2n) is 9.74. The zero-order chi connectivity index (χ0) is 24.4. The molecule has 0 bridgehead atoms. The van der Waals surface area contributed by atoms with Gasteiger partial charge in [0.05, 0.1) is 0 Å². The van der Waals surface area contributed by atoms with E-state index in [1.54, 1.807) is 0 Å². The van der Waals surface area contributed by atoms with Crippen molar-refractivity contribution in [3.8, 4) is 5.75 Å². The maximum atomic E-state index is 11.3. The van der Waals surface area contributed by atoms with Crippen molar-refractivity contribution in [3.63, 3.8) is 0 Å². The number of benzene rings is 4. The molecule has 0 aliphatic rings. The number of phenols is 1. The molecule has 0 unspecified atom stereocenters. The number of hydrogen-bond acceptors (Lipinski definition) is 1. The lowest BCUT2D eigenvalue weighted by atomic mass is 9.75.